The van der Waals surface area contributed by atoms with E-state index in [9.17, 15) is 9.90 Å². The van der Waals surface area contributed by atoms with Gasteiger partial charge in [0, 0.05) is 11.8 Å². The number of aromatic nitrogens is 2. The molecular formula is C14H16N2O3. The summed E-state index contributed by atoms with van der Waals surface area (Å²) in [5.41, 5.74) is 1.89. The monoisotopic (exact) mass is 260 g/mol. The summed E-state index contributed by atoms with van der Waals surface area (Å²) in [6, 6.07) is 7.37. The molecule has 0 spiro atoms. The molecule has 100 valence electrons. The molecule has 0 bridgehead atoms. The Bertz CT molecular complexity index is 576. The Morgan fingerprint density at radius 1 is 1.47 bits per heavy atom. The highest BCUT2D eigenvalue weighted by Crippen LogP contribution is 2.21. The van der Waals surface area contributed by atoms with Crippen molar-refractivity contribution in [3.63, 3.8) is 0 Å². The van der Waals surface area contributed by atoms with Crippen molar-refractivity contribution in [2.24, 2.45) is 0 Å². The Labute approximate surface area is 111 Å². The van der Waals surface area contributed by atoms with E-state index in [1.807, 2.05) is 24.3 Å². The number of benzene rings is 1. The maximum Gasteiger partial charge on any atom is 0.341 e. The Hall–Kier alpha value is -2.14. The van der Waals surface area contributed by atoms with Crippen LogP contribution >= 0.6 is 0 Å². The highest BCUT2D eigenvalue weighted by atomic mass is 16.5. The predicted molar refractivity (Wildman–Crippen MR) is 70.2 cm³/mol. The first kappa shape index (κ1) is 13.3. The van der Waals surface area contributed by atoms with Crippen LogP contribution in [0.2, 0.25) is 0 Å². The van der Waals surface area contributed by atoms with Crippen molar-refractivity contribution in [3.05, 3.63) is 47.8 Å². The van der Waals surface area contributed by atoms with Crippen molar-refractivity contribution >= 4 is 5.97 Å². The highest BCUT2D eigenvalue weighted by molar-refractivity contribution is 5.88. The molecule has 1 atom stereocenters. The third kappa shape index (κ3) is 2.82. The first-order chi connectivity index (χ1) is 9.13. The molecule has 19 heavy (non-hydrogen) atoms. The average molecular weight is 260 g/mol. The van der Waals surface area contributed by atoms with Crippen molar-refractivity contribution in [1.29, 1.82) is 0 Å². The third-order valence-electron chi connectivity index (χ3n) is 2.73. The summed E-state index contributed by atoms with van der Waals surface area (Å²) >= 11 is 0. The Kier molecular flexibility index (Phi) is 3.97. The molecule has 0 aliphatic rings. The number of esters is 1. The van der Waals surface area contributed by atoms with Gasteiger partial charge in [-0.05, 0) is 19.9 Å². The summed E-state index contributed by atoms with van der Waals surface area (Å²) in [5.74, 6) is -0.400. The molecule has 0 radical (unpaired) electrons. The third-order valence-corrected chi connectivity index (χ3v) is 2.73. The minimum Gasteiger partial charge on any atom is -0.462 e. The zero-order valence-corrected chi connectivity index (χ0v) is 10.9. The first-order valence-electron chi connectivity index (χ1n) is 6.12. The molecule has 5 heteroatoms. The fraction of sp³-hybridized carbons (Fsp3) is 0.286. The predicted octanol–water partition coefficient (Wildman–Crippen LogP) is 2.10. The van der Waals surface area contributed by atoms with E-state index in [0.29, 0.717) is 12.2 Å². The lowest BCUT2D eigenvalue weighted by molar-refractivity contribution is 0.0526. The fourth-order valence-electron chi connectivity index (χ4n) is 1.82. The van der Waals surface area contributed by atoms with Gasteiger partial charge in [0.05, 0.1) is 30.2 Å². The van der Waals surface area contributed by atoms with E-state index < -0.39 is 12.1 Å². The van der Waals surface area contributed by atoms with Crippen LogP contribution in [0.5, 0.6) is 0 Å². The lowest BCUT2D eigenvalue weighted by Gasteiger charge is -2.11. The van der Waals surface area contributed by atoms with Gasteiger partial charge in [-0.25, -0.2) is 9.48 Å². The van der Waals surface area contributed by atoms with E-state index >= 15 is 0 Å². The first-order valence-corrected chi connectivity index (χ1v) is 6.12. The Balaban J connectivity index is 2.36. The SMILES string of the molecule is CCOC(=O)c1cnn(-c2ccccc2[C@@H](C)O)c1. The summed E-state index contributed by atoms with van der Waals surface area (Å²) in [4.78, 5) is 11.6. The molecule has 0 aliphatic heterocycles. The minimum atomic E-state index is -0.605. The Morgan fingerprint density at radius 2 is 2.21 bits per heavy atom. The number of aliphatic hydroxyl groups is 1. The second-order valence-electron chi connectivity index (χ2n) is 4.13. The Morgan fingerprint density at radius 3 is 2.89 bits per heavy atom. The maximum absolute atomic E-state index is 11.6. The highest BCUT2D eigenvalue weighted by Gasteiger charge is 2.13. The summed E-state index contributed by atoms with van der Waals surface area (Å²) < 4.78 is 6.48. The van der Waals surface area contributed by atoms with E-state index in [2.05, 4.69) is 5.10 Å². The van der Waals surface area contributed by atoms with E-state index in [0.717, 1.165) is 11.3 Å². The van der Waals surface area contributed by atoms with Crippen LogP contribution in [0.25, 0.3) is 5.69 Å². The molecule has 1 aromatic carbocycles. The van der Waals surface area contributed by atoms with Gasteiger partial charge >= 0.3 is 5.97 Å². The molecule has 2 rings (SSSR count). The number of aliphatic hydroxyl groups excluding tert-OH is 1. The lowest BCUT2D eigenvalue weighted by atomic mass is 10.1. The van der Waals surface area contributed by atoms with Gasteiger partial charge in [0.1, 0.15) is 0 Å². The largest absolute Gasteiger partial charge is 0.462 e. The summed E-state index contributed by atoms with van der Waals surface area (Å²) in [6.45, 7) is 3.77. The van der Waals surface area contributed by atoms with Crippen molar-refractivity contribution in [1.82, 2.24) is 9.78 Å². The van der Waals surface area contributed by atoms with Crippen LogP contribution in [-0.2, 0) is 4.74 Å². The second-order valence-corrected chi connectivity index (χ2v) is 4.13. The van der Waals surface area contributed by atoms with Gasteiger partial charge in [0.2, 0.25) is 0 Å². The number of ether oxygens (including phenoxy) is 1. The van der Waals surface area contributed by atoms with Crippen molar-refractivity contribution < 1.29 is 14.6 Å². The van der Waals surface area contributed by atoms with E-state index in [1.54, 1.807) is 24.7 Å². The van der Waals surface area contributed by atoms with E-state index in [4.69, 9.17) is 4.74 Å². The standard InChI is InChI=1S/C14H16N2O3/c1-3-19-14(18)11-8-15-16(9-11)13-7-5-4-6-12(13)10(2)17/h4-10,17H,3H2,1-2H3/t10-/m1/s1. The molecule has 5 nitrogen and oxygen atoms in total. The van der Waals surface area contributed by atoms with Gasteiger partial charge in [0.25, 0.3) is 0 Å². The van der Waals surface area contributed by atoms with Gasteiger partial charge in [0.15, 0.2) is 0 Å². The van der Waals surface area contributed by atoms with Gasteiger partial charge < -0.3 is 9.84 Å². The van der Waals surface area contributed by atoms with E-state index in [1.165, 1.54) is 6.20 Å². The molecule has 0 saturated heterocycles. The topological polar surface area (TPSA) is 64.3 Å². The number of carbonyl (C=O) groups is 1. The molecular weight excluding hydrogens is 244 g/mol. The lowest BCUT2D eigenvalue weighted by Crippen LogP contribution is -2.04. The van der Waals surface area contributed by atoms with Crippen molar-refractivity contribution in [2.45, 2.75) is 20.0 Å². The smallest absolute Gasteiger partial charge is 0.341 e. The van der Waals surface area contributed by atoms with Gasteiger partial charge in [-0.1, -0.05) is 18.2 Å². The van der Waals surface area contributed by atoms with Crippen LogP contribution in [0, 0.1) is 0 Å². The van der Waals surface area contributed by atoms with Crippen LogP contribution in [0.15, 0.2) is 36.7 Å². The molecule has 0 fully saturated rings. The van der Waals surface area contributed by atoms with Gasteiger partial charge in [-0.15, -0.1) is 0 Å². The molecule has 0 saturated carbocycles. The van der Waals surface area contributed by atoms with Crippen molar-refractivity contribution in [2.75, 3.05) is 6.61 Å². The van der Waals surface area contributed by atoms with E-state index in [-0.39, 0.29) is 0 Å². The molecule has 1 heterocycles. The zero-order valence-electron chi connectivity index (χ0n) is 10.9. The number of para-hydroxylation sites is 1. The minimum absolute atomic E-state index is 0.328. The summed E-state index contributed by atoms with van der Waals surface area (Å²) in [6.07, 6.45) is 2.45. The number of hydrogen-bond acceptors (Lipinski definition) is 4. The summed E-state index contributed by atoms with van der Waals surface area (Å²) in [7, 11) is 0. The van der Waals surface area contributed by atoms with Gasteiger partial charge in [-0.3, -0.25) is 0 Å². The average Bonchev–Trinajstić information content (AvgIpc) is 2.88. The zero-order chi connectivity index (χ0) is 13.8. The molecule has 2 aromatic rings. The van der Waals surface area contributed by atoms with Gasteiger partial charge in [-0.2, -0.15) is 5.10 Å². The number of rotatable bonds is 4. The molecule has 0 amide bonds. The molecule has 1 aromatic heterocycles. The van der Waals surface area contributed by atoms with Crippen LogP contribution in [0.1, 0.15) is 35.9 Å². The number of hydrogen-bond donors (Lipinski definition) is 1. The normalized spacial score (nSPS) is 12.2. The van der Waals surface area contributed by atoms with Crippen LogP contribution in [0.3, 0.4) is 0 Å². The van der Waals surface area contributed by atoms with Crippen LogP contribution < -0.4 is 0 Å². The molecule has 1 N–H and O–H groups in total. The van der Waals surface area contributed by atoms with Crippen molar-refractivity contribution in [3.8, 4) is 5.69 Å². The van der Waals surface area contributed by atoms with Crippen LogP contribution in [-0.4, -0.2) is 27.5 Å². The summed E-state index contributed by atoms with van der Waals surface area (Å²) in [5, 5.41) is 13.9. The molecule has 0 aliphatic carbocycles. The quantitative estimate of drug-likeness (QED) is 0.855. The maximum atomic E-state index is 11.6. The fourth-order valence-corrected chi connectivity index (χ4v) is 1.82. The number of carbonyl (C=O) groups excluding carboxylic acids is 1. The second kappa shape index (κ2) is 5.67. The molecule has 0 unspecified atom stereocenters. The van der Waals surface area contributed by atoms with Crippen LogP contribution in [0.4, 0.5) is 0 Å². The number of nitrogens with zero attached hydrogens (tertiary/aromatic N) is 2.